The van der Waals surface area contributed by atoms with Crippen LogP contribution in [0.25, 0.3) is 0 Å². The molecule has 3 aromatic carbocycles. The van der Waals surface area contributed by atoms with Crippen LogP contribution in [-0.2, 0) is 11.2 Å². The second kappa shape index (κ2) is 10.9. The van der Waals surface area contributed by atoms with Crippen molar-refractivity contribution in [1.82, 2.24) is 0 Å². The molecular formula is C25H23F3N2O5. The second-order valence-electron chi connectivity index (χ2n) is 7.60. The third-order valence-electron chi connectivity index (χ3n) is 5.47. The lowest BCUT2D eigenvalue weighted by atomic mass is 9.91. The van der Waals surface area contributed by atoms with Crippen LogP contribution in [0, 0.1) is 10.1 Å². The van der Waals surface area contributed by atoms with E-state index in [1.165, 1.54) is 56.7 Å². The lowest BCUT2D eigenvalue weighted by Crippen LogP contribution is -2.49. The van der Waals surface area contributed by atoms with Crippen LogP contribution in [0.1, 0.15) is 17.2 Å². The molecule has 0 aliphatic carbocycles. The summed E-state index contributed by atoms with van der Waals surface area (Å²) in [5.41, 5.74) is 0.424. The topological polar surface area (TPSA) is 81.9 Å². The highest BCUT2D eigenvalue weighted by molar-refractivity contribution is 5.98. The van der Waals surface area contributed by atoms with Gasteiger partial charge in [0, 0.05) is 22.6 Å². The van der Waals surface area contributed by atoms with Gasteiger partial charge >= 0.3 is 12.1 Å². The van der Waals surface area contributed by atoms with Gasteiger partial charge in [0.1, 0.15) is 17.5 Å². The normalized spacial score (nSPS) is 12.9. The number of para-hydroxylation sites is 1. The van der Waals surface area contributed by atoms with E-state index >= 15 is 0 Å². The number of carbonyl (C=O) groups is 1. The summed E-state index contributed by atoms with van der Waals surface area (Å²) in [4.78, 5) is 24.9. The Bertz CT molecular complexity index is 1150. The van der Waals surface area contributed by atoms with Gasteiger partial charge in [-0.15, -0.1) is 0 Å². The van der Waals surface area contributed by atoms with Crippen molar-refractivity contribution in [2.45, 2.75) is 24.7 Å². The Morgan fingerprint density at radius 2 is 1.54 bits per heavy atom. The van der Waals surface area contributed by atoms with Crippen LogP contribution in [0.4, 0.5) is 18.9 Å². The number of rotatable bonds is 9. The first-order valence-electron chi connectivity index (χ1n) is 10.5. The van der Waals surface area contributed by atoms with Crippen LogP contribution < -0.4 is 14.4 Å². The minimum atomic E-state index is -5.30. The summed E-state index contributed by atoms with van der Waals surface area (Å²) >= 11 is 0. The van der Waals surface area contributed by atoms with Crippen molar-refractivity contribution in [3.8, 4) is 11.5 Å². The van der Waals surface area contributed by atoms with E-state index in [1.807, 2.05) is 0 Å². The molecule has 0 saturated carbocycles. The Kier molecular flexibility index (Phi) is 7.95. The molecule has 35 heavy (non-hydrogen) atoms. The summed E-state index contributed by atoms with van der Waals surface area (Å²) in [6.07, 6.45) is -5.53. The van der Waals surface area contributed by atoms with Crippen molar-refractivity contribution >= 4 is 11.6 Å². The van der Waals surface area contributed by atoms with E-state index in [0.29, 0.717) is 16.2 Å². The molecule has 0 heterocycles. The van der Waals surface area contributed by atoms with Gasteiger partial charge in [0.15, 0.2) is 0 Å². The molecular weight excluding hydrogens is 465 g/mol. The molecule has 0 saturated heterocycles. The van der Waals surface area contributed by atoms with E-state index in [-0.39, 0.29) is 23.4 Å². The molecule has 7 nitrogen and oxygen atoms in total. The Labute approximate surface area is 199 Å². The first-order valence-corrected chi connectivity index (χ1v) is 10.5. The number of anilines is 1. The van der Waals surface area contributed by atoms with Gasteiger partial charge in [0.2, 0.25) is 6.04 Å². The van der Waals surface area contributed by atoms with E-state index < -0.39 is 29.1 Å². The SMILES string of the molecule is COc1ccc(N(C(=O)C(F)(F)F)[C@@H](c2ccccc2OC)[C@@H](Cc2ccccc2)[N+](=O)[O-])cc1. The fraction of sp³-hybridized carbons (Fsp3) is 0.240. The Morgan fingerprint density at radius 3 is 2.09 bits per heavy atom. The third-order valence-corrected chi connectivity index (χ3v) is 5.47. The predicted octanol–water partition coefficient (Wildman–Crippen LogP) is 5.23. The summed E-state index contributed by atoms with van der Waals surface area (Å²) in [6, 6.07) is 16.3. The van der Waals surface area contributed by atoms with Gasteiger partial charge in [0.05, 0.1) is 14.2 Å². The van der Waals surface area contributed by atoms with Crippen molar-refractivity contribution in [1.29, 1.82) is 0 Å². The van der Waals surface area contributed by atoms with Gasteiger partial charge in [-0.05, 0) is 35.9 Å². The molecule has 10 heteroatoms. The van der Waals surface area contributed by atoms with Gasteiger partial charge in [-0.3, -0.25) is 19.8 Å². The molecule has 0 aliphatic rings. The van der Waals surface area contributed by atoms with E-state index in [0.717, 1.165) is 0 Å². The summed E-state index contributed by atoms with van der Waals surface area (Å²) < 4.78 is 52.0. The molecule has 1 amide bonds. The molecule has 3 rings (SSSR count). The summed E-state index contributed by atoms with van der Waals surface area (Å²) in [6.45, 7) is 0. The van der Waals surface area contributed by atoms with E-state index in [9.17, 15) is 28.1 Å². The average molecular weight is 488 g/mol. The standard InChI is InChI=1S/C25H23F3N2O5/c1-34-19-14-12-18(13-15-19)29(24(31)25(26,27)28)23(20-10-6-7-11-22(20)35-2)21(30(32)33)16-17-8-4-3-5-9-17/h3-15,21,23H,16H2,1-2H3/t21-,23+/m1/s1. The number of methoxy groups -OCH3 is 2. The largest absolute Gasteiger partial charge is 0.497 e. The number of ether oxygens (including phenoxy) is 2. The zero-order chi connectivity index (χ0) is 25.6. The number of alkyl halides is 3. The zero-order valence-electron chi connectivity index (χ0n) is 18.9. The maximum atomic E-state index is 13.9. The van der Waals surface area contributed by atoms with Crippen molar-refractivity contribution in [2.24, 2.45) is 0 Å². The van der Waals surface area contributed by atoms with Gasteiger partial charge < -0.3 is 9.47 Å². The number of hydrogen-bond acceptors (Lipinski definition) is 5. The van der Waals surface area contributed by atoms with Crippen molar-refractivity contribution in [3.05, 3.63) is 100 Å². The summed E-state index contributed by atoms with van der Waals surface area (Å²) in [7, 11) is 2.69. The molecule has 184 valence electrons. The molecule has 0 aliphatic heterocycles. The fourth-order valence-corrected chi connectivity index (χ4v) is 3.87. The van der Waals surface area contributed by atoms with Crippen LogP contribution in [0.15, 0.2) is 78.9 Å². The molecule has 3 aromatic rings. The van der Waals surface area contributed by atoms with E-state index in [4.69, 9.17) is 9.47 Å². The highest BCUT2D eigenvalue weighted by Crippen LogP contribution is 2.40. The fourth-order valence-electron chi connectivity index (χ4n) is 3.87. The molecule has 2 atom stereocenters. The number of nitrogens with zero attached hydrogens (tertiary/aromatic N) is 2. The first-order chi connectivity index (χ1) is 16.7. The van der Waals surface area contributed by atoms with Crippen LogP contribution in [0.3, 0.4) is 0 Å². The number of nitro groups is 1. The molecule has 0 radical (unpaired) electrons. The number of carbonyl (C=O) groups excluding carboxylic acids is 1. The average Bonchev–Trinajstić information content (AvgIpc) is 2.86. The maximum absolute atomic E-state index is 13.9. The Hall–Kier alpha value is -4.08. The van der Waals surface area contributed by atoms with Gasteiger partial charge in [0.25, 0.3) is 0 Å². The minimum absolute atomic E-state index is 0.0704. The second-order valence-corrected chi connectivity index (χ2v) is 7.60. The van der Waals surface area contributed by atoms with Crippen LogP contribution in [0.5, 0.6) is 11.5 Å². The quantitative estimate of drug-likeness (QED) is 0.304. The summed E-state index contributed by atoms with van der Waals surface area (Å²) in [5, 5.41) is 12.4. The van der Waals surface area contributed by atoms with Gasteiger partial charge in [-0.2, -0.15) is 13.2 Å². The van der Waals surface area contributed by atoms with Crippen LogP contribution >= 0.6 is 0 Å². The zero-order valence-corrected chi connectivity index (χ0v) is 18.9. The third kappa shape index (κ3) is 5.89. The van der Waals surface area contributed by atoms with Gasteiger partial charge in [-0.25, -0.2) is 0 Å². The molecule has 0 fully saturated rings. The van der Waals surface area contributed by atoms with E-state index in [2.05, 4.69) is 0 Å². The van der Waals surface area contributed by atoms with Crippen molar-refractivity contribution in [3.63, 3.8) is 0 Å². The molecule has 0 aromatic heterocycles. The first kappa shape index (κ1) is 25.5. The minimum Gasteiger partial charge on any atom is -0.497 e. The van der Waals surface area contributed by atoms with Gasteiger partial charge in [-0.1, -0.05) is 48.5 Å². The molecule has 0 unspecified atom stereocenters. The number of hydrogen-bond donors (Lipinski definition) is 0. The highest BCUT2D eigenvalue weighted by atomic mass is 19.4. The Morgan fingerprint density at radius 1 is 0.943 bits per heavy atom. The van der Waals surface area contributed by atoms with Crippen molar-refractivity contribution in [2.75, 3.05) is 19.1 Å². The lowest BCUT2D eigenvalue weighted by molar-refractivity contribution is -0.526. The molecule has 0 N–H and O–H groups in total. The number of amides is 1. The monoisotopic (exact) mass is 488 g/mol. The Balaban J connectivity index is 2.28. The maximum Gasteiger partial charge on any atom is 0.471 e. The number of halogens is 3. The summed E-state index contributed by atoms with van der Waals surface area (Å²) in [5.74, 6) is -1.78. The predicted molar refractivity (Wildman–Crippen MR) is 123 cm³/mol. The van der Waals surface area contributed by atoms with Crippen LogP contribution in [-0.4, -0.2) is 37.3 Å². The molecule has 0 bridgehead atoms. The number of benzene rings is 3. The van der Waals surface area contributed by atoms with Crippen LogP contribution in [0.2, 0.25) is 0 Å². The molecule has 0 spiro atoms. The van der Waals surface area contributed by atoms with E-state index in [1.54, 1.807) is 36.4 Å². The smallest absolute Gasteiger partial charge is 0.471 e. The highest BCUT2D eigenvalue weighted by Gasteiger charge is 2.50. The van der Waals surface area contributed by atoms with Crippen molar-refractivity contribution < 1.29 is 32.4 Å². The lowest BCUT2D eigenvalue weighted by Gasteiger charge is -2.34.